The number of allylic oxidation sites excluding steroid dienone is 1. The van der Waals surface area contributed by atoms with Gasteiger partial charge in [0.05, 0.1) is 10.9 Å². The first-order valence-corrected chi connectivity index (χ1v) is 10.8. The number of ether oxygens (including phenoxy) is 1. The number of aryl methyl sites for hydroxylation is 1. The second-order valence-corrected chi connectivity index (χ2v) is 7.88. The molecule has 31 heavy (non-hydrogen) atoms. The number of rotatable bonds is 7. The Hall–Kier alpha value is -3.34. The lowest BCUT2D eigenvalue weighted by atomic mass is 9.97. The minimum absolute atomic E-state index is 0.0735. The smallest absolute Gasteiger partial charge is 0.257 e. The van der Waals surface area contributed by atoms with Gasteiger partial charge in [-0.05, 0) is 56.7 Å². The molecule has 1 heterocycles. The van der Waals surface area contributed by atoms with Gasteiger partial charge in [-0.15, -0.1) is 0 Å². The Morgan fingerprint density at radius 2 is 1.97 bits per heavy atom. The fourth-order valence-electron chi connectivity index (χ4n) is 4.01. The molecule has 4 rings (SSSR count). The Morgan fingerprint density at radius 3 is 2.74 bits per heavy atom. The topological polar surface area (TPSA) is 68.5 Å². The molecule has 2 aromatic carbocycles. The molecule has 0 saturated carbocycles. The number of carbonyl (C=O) groups excluding carboxylic acids is 1. The van der Waals surface area contributed by atoms with Gasteiger partial charge in [0.25, 0.3) is 5.91 Å². The highest BCUT2D eigenvalue weighted by Crippen LogP contribution is 2.26. The van der Waals surface area contributed by atoms with Crippen molar-refractivity contribution in [2.45, 2.75) is 39.0 Å². The van der Waals surface area contributed by atoms with E-state index in [1.807, 2.05) is 30.3 Å². The third kappa shape index (κ3) is 5.05. The van der Waals surface area contributed by atoms with Crippen molar-refractivity contribution < 1.29 is 13.9 Å². The zero-order valence-electron chi connectivity index (χ0n) is 17.8. The SMILES string of the molecule is Cc1oc2cc(OCC(=O)NCCC3=CCCCC3)ccc2c(=O)c1-c1ccccc1. The quantitative estimate of drug-likeness (QED) is 0.540. The van der Waals surface area contributed by atoms with Crippen molar-refractivity contribution in [2.75, 3.05) is 13.2 Å². The maximum Gasteiger partial charge on any atom is 0.257 e. The lowest BCUT2D eigenvalue weighted by molar-refractivity contribution is -0.123. The summed E-state index contributed by atoms with van der Waals surface area (Å²) in [5, 5.41) is 3.39. The van der Waals surface area contributed by atoms with E-state index >= 15 is 0 Å². The van der Waals surface area contributed by atoms with Crippen LogP contribution in [0.4, 0.5) is 0 Å². The second-order valence-electron chi connectivity index (χ2n) is 7.88. The molecule has 0 aliphatic heterocycles. The van der Waals surface area contributed by atoms with Crippen molar-refractivity contribution >= 4 is 16.9 Å². The lowest BCUT2D eigenvalue weighted by Crippen LogP contribution is -2.30. The van der Waals surface area contributed by atoms with Crippen LogP contribution in [0.1, 0.15) is 37.9 Å². The van der Waals surface area contributed by atoms with Gasteiger partial charge in [0, 0.05) is 12.6 Å². The van der Waals surface area contributed by atoms with Gasteiger partial charge in [-0.25, -0.2) is 0 Å². The summed E-state index contributed by atoms with van der Waals surface area (Å²) in [6, 6.07) is 14.5. The Bertz CT molecular complexity index is 1160. The van der Waals surface area contributed by atoms with Crippen molar-refractivity contribution in [1.29, 1.82) is 0 Å². The van der Waals surface area contributed by atoms with Gasteiger partial charge in [-0.3, -0.25) is 9.59 Å². The van der Waals surface area contributed by atoms with Gasteiger partial charge < -0.3 is 14.5 Å². The molecule has 1 amide bonds. The fraction of sp³-hybridized carbons (Fsp3) is 0.308. The normalized spacial score (nSPS) is 13.6. The summed E-state index contributed by atoms with van der Waals surface area (Å²) in [5.41, 5.74) is 3.20. The van der Waals surface area contributed by atoms with Crippen LogP contribution in [0.15, 0.2) is 69.4 Å². The van der Waals surface area contributed by atoms with Crippen LogP contribution in [-0.2, 0) is 4.79 Å². The molecule has 0 radical (unpaired) electrons. The van der Waals surface area contributed by atoms with Crippen molar-refractivity contribution in [3.8, 4) is 16.9 Å². The molecule has 0 bridgehead atoms. The summed E-state index contributed by atoms with van der Waals surface area (Å²) in [4.78, 5) is 25.1. The molecule has 0 fully saturated rings. The van der Waals surface area contributed by atoms with Crippen LogP contribution in [-0.4, -0.2) is 19.1 Å². The van der Waals surface area contributed by atoms with E-state index in [4.69, 9.17) is 9.15 Å². The summed E-state index contributed by atoms with van der Waals surface area (Å²) in [6.45, 7) is 2.34. The Morgan fingerprint density at radius 1 is 1.13 bits per heavy atom. The van der Waals surface area contributed by atoms with Crippen LogP contribution in [0.25, 0.3) is 22.1 Å². The number of amides is 1. The number of nitrogens with one attached hydrogen (secondary N) is 1. The van der Waals surface area contributed by atoms with Gasteiger partial charge in [0.15, 0.2) is 6.61 Å². The third-order valence-electron chi connectivity index (χ3n) is 5.63. The summed E-state index contributed by atoms with van der Waals surface area (Å²) in [6.07, 6.45) is 7.99. The minimum Gasteiger partial charge on any atom is -0.484 e. The molecule has 1 aromatic heterocycles. The molecule has 1 N–H and O–H groups in total. The molecular formula is C26H27NO4. The van der Waals surface area contributed by atoms with Crippen molar-refractivity contribution in [1.82, 2.24) is 5.32 Å². The molecule has 0 atom stereocenters. The number of benzene rings is 2. The number of carbonyl (C=O) groups is 1. The molecule has 3 aromatic rings. The molecule has 5 heteroatoms. The number of hydrogen-bond acceptors (Lipinski definition) is 4. The first-order valence-electron chi connectivity index (χ1n) is 10.8. The van der Waals surface area contributed by atoms with Crippen LogP contribution in [0.2, 0.25) is 0 Å². The van der Waals surface area contributed by atoms with Crippen LogP contribution in [0, 0.1) is 6.92 Å². The number of fused-ring (bicyclic) bond motifs is 1. The van der Waals surface area contributed by atoms with Crippen molar-refractivity contribution in [2.24, 2.45) is 0 Å². The molecule has 1 aliphatic carbocycles. The van der Waals surface area contributed by atoms with Gasteiger partial charge in [0.2, 0.25) is 5.43 Å². The van der Waals surface area contributed by atoms with Crippen LogP contribution in [0.3, 0.4) is 0 Å². The van der Waals surface area contributed by atoms with Crippen LogP contribution >= 0.6 is 0 Å². The minimum atomic E-state index is -0.159. The van der Waals surface area contributed by atoms with Gasteiger partial charge in [-0.2, -0.15) is 0 Å². The zero-order chi connectivity index (χ0) is 21.6. The first-order chi connectivity index (χ1) is 15.1. The van der Waals surface area contributed by atoms with E-state index in [9.17, 15) is 9.59 Å². The highest BCUT2D eigenvalue weighted by molar-refractivity contribution is 5.84. The van der Waals surface area contributed by atoms with Crippen molar-refractivity contribution in [3.63, 3.8) is 0 Å². The summed E-state index contributed by atoms with van der Waals surface area (Å²) >= 11 is 0. The van der Waals surface area contributed by atoms with Gasteiger partial charge in [0.1, 0.15) is 17.1 Å². The standard InChI is InChI=1S/C26H27NO4/c1-18-25(20-10-6-3-7-11-20)26(29)22-13-12-21(16-23(22)31-18)30-17-24(28)27-15-14-19-8-4-2-5-9-19/h3,6-8,10-13,16H,2,4-5,9,14-15,17H2,1H3,(H,27,28). The zero-order valence-corrected chi connectivity index (χ0v) is 17.8. The largest absolute Gasteiger partial charge is 0.484 e. The van der Waals surface area contributed by atoms with E-state index in [1.165, 1.54) is 18.4 Å². The third-order valence-corrected chi connectivity index (χ3v) is 5.63. The van der Waals surface area contributed by atoms with Gasteiger partial charge >= 0.3 is 0 Å². The van der Waals surface area contributed by atoms with E-state index < -0.39 is 0 Å². The summed E-state index contributed by atoms with van der Waals surface area (Å²) < 4.78 is 11.5. The fourth-order valence-corrected chi connectivity index (χ4v) is 4.01. The Kier molecular flexibility index (Phi) is 6.51. The lowest BCUT2D eigenvalue weighted by Gasteiger charge is -2.13. The number of hydrogen-bond donors (Lipinski definition) is 1. The van der Waals surface area contributed by atoms with Crippen molar-refractivity contribution in [3.05, 3.63) is 76.2 Å². The second kappa shape index (κ2) is 9.65. The highest BCUT2D eigenvalue weighted by Gasteiger charge is 2.14. The molecule has 0 saturated heterocycles. The molecule has 0 spiro atoms. The monoisotopic (exact) mass is 417 g/mol. The molecule has 1 aliphatic rings. The molecule has 0 unspecified atom stereocenters. The van der Waals surface area contributed by atoms with E-state index in [0.29, 0.717) is 34.6 Å². The Labute approximate surface area is 181 Å². The highest BCUT2D eigenvalue weighted by atomic mass is 16.5. The van der Waals surface area contributed by atoms with Gasteiger partial charge in [-0.1, -0.05) is 42.0 Å². The maximum atomic E-state index is 13.0. The molecular weight excluding hydrogens is 390 g/mol. The predicted molar refractivity (Wildman–Crippen MR) is 122 cm³/mol. The summed E-state index contributed by atoms with van der Waals surface area (Å²) in [5.74, 6) is 0.886. The van der Waals surface area contributed by atoms with Crippen LogP contribution in [0.5, 0.6) is 5.75 Å². The first kappa shape index (κ1) is 20.9. The van der Waals surface area contributed by atoms with E-state index in [1.54, 1.807) is 25.1 Å². The Balaban J connectivity index is 1.40. The van der Waals surface area contributed by atoms with E-state index in [-0.39, 0.29) is 17.9 Å². The van der Waals surface area contributed by atoms with Crippen LogP contribution < -0.4 is 15.5 Å². The predicted octanol–water partition coefficient (Wildman–Crippen LogP) is 5.15. The van der Waals surface area contributed by atoms with E-state index in [0.717, 1.165) is 24.8 Å². The summed E-state index contributed by atoms with van der Waals surface area (Å²) in [7, 11) is 0. The molecule has 160 valence electrons. The van der Waals surface area contributed by atoms with E-state index in [2.05, 4.69) is 11.4 Å². The molecule has 5 nitrogen and oxygen atoms in total. The average Bonchev–Trinajstić information content (AvgIpc) is 2.79. The average molecular weight is 418 g/mol. The maximum absolute atomic E-state index is 13.0.